The average Bonchev–Trinajstić information content (AvgIpc) is 3.12. The van der Waals surface area contributed by atoms with Gasteiger partial charge in [-0.25, -0.2) is 0 Å². The van der Waals surface area contributed by atoms with Crippen molar-refractivity contribution in [1.29, 1.82) is 0 Å². The molecule has 1 saturated heterocycles. The second-order valence-corrected chi connectivity index (χ2v) is 7.77. The van der Waals surface area contributed by atoms with Crippen molar-refractivity contribution in [3.8, 4) is 5.75 Å². The van der Waals surface area contributed by atoms with E-state index < -0.39 is 0 Å². The number of piperidine rings is 1. The minimum Gasteiger partial charge on any atom is -0.497 e. The minimum absolute atomic E-state index is 0.0164. The maximum absolute atomic E-state index is 13.0. The van der Waals surface area contributed by atoms with Crippen molar-refractivity contribution in [3.63, 3.8) is 0 Å². The molecule has 2 heterocycles. The van der Waals surface area contributed by atoms with Crippen LogP contribution in [0.5, 0.6) is 5.75 Å². The lowest BCUT2D eigenvalue weighted by Crippen LogP contribution is -2.40. The first-order valence-corrected chi connectivity index (χ1v) is 10.4. The minimum atomic E-state index is -0.0164. The van der Waals surface area contributed by atoms with Gasteiger partial charge in [-0.15, -0.1) is 0 Å². The highest BCUT2D eigenvalue weighted by Crippen LogP contribution is 2.26. The number of carbonyl (C=O) groups is 1. The van der Waals surface area contributed by atoms with E-state index in [1.165, 1.54) is 24.8 Å². The zero-order chi connectivity index (χ0) is 20.2. The van der Waals surface area contributed by atoms with Crippen LogP contribution in [0.4, 0.5) is 0 Å². The van der Waals surface area contributed by atoms with Crippen molar-refractivity contribution in [2.75, 3.05) is 26.7 Å². The molecule has 5 heteroatoms. The summed E-state index contributed by atoms with van der Waals surface area (Å²) in [7, 11) is 3.66. The molecule has 0 spiro atoms. The van der Waals surface area contributed by atoms with Crippen LogP contribution in [0.15, 0.2) is 54.7 Å². The van der Waals surface area contributed by atoms with Crippen LogP contribution in [-0.2, 0) is 7.05 Å². The van der Waals surface area contributed by atoms with Crippen LogP contribution < -0.4 is 10.1 Å². The van der Waals surface area contributed by atoms with E-state index in [9.17, 15) is 4.79 Å². The molecule has 0 aliphatic carbocycles. The summed E-state index contributed by atoms with van der Waals surface area (Å²) >= 11 is 0. The van der Waals surface area contributed by atoms with Gasteiger partial charge >= 0.3 is 0 Å². The van der Waals surface area contributed by atoms with Crippen molar-refractivity contribution < 1.29 is 9.53 Å². The quantitative estimate of drug-likeness (QED) is 0.687. The molecule has 0 saturated carbocycles. The first-order valence-electron chi connectivity index (χ1n) is 10.4. The monoisotopic (exact) mass is 391 g/mol. The number of fused-ring (bicyclic) bond motifs is 1. The second kappa shape index (κ2) is 8.70. The molecule has 4 rings (SSSR count). The standard InChI is InChI=1S/C24H29N3O2/c1-26-17-21(20-8-4-5-9-22(20)26)24(28)25-16-23(27-14-6-3-7-15-27)18-10-12-19(29-2)13-11-18/h4-5,8-13,17,23H,3,6-7,14-16H2,1-2H3,(H,25,28)/t23-/m1/s1. The lowest BCUT2D eigenvalue weighted by Gasteiger charge is -2.35. The van der Waals surface area contributed by atoms with E-state index in [0.717, 1.165) is 35.3 Å². The number of methoxy groups -OCH3 is 1. The van der Waals surface area contributed by atoms with Gasteiger partial charge in [-0.1, -0.05) is 36.8 Å². The third-order valence-electron chi connectivity index (χ3n) is 5.93. The van der Waals surface area contributed by atoms with E-state index in [-0.39, 0.29) is 11.9 Å². The molecule has 1 fully saturated rings. The number of aromatic nitrogens is 1. The Morgan fingerprint density at radius 3 is 2.52 bits per heavy atom. The maximum atomic E-state index is 13.0. The normalized spacial score (nSPS) is 15.9. The summed E-state index contributed by atoms with van der Waals surface area (Å²) in [5.41, 5.74) is 3.02. The van der Waals surface area contributed by atoms with Crippen LogP contribution in [0.25, 0.3) is 10.9 Å². The van der Waals surface area contributed by atoms with Crippen LogP contribution in [0.3, 0.4) is 0 Å². The van der Waals surface area contributed by atoms with Gasteiger partial charge in [-0.3, -0.25) is 9.69 Å². The van der Waals surface area contributed by atoms with Crippen LogP contribution in [-0.4, -0.2) is 42.1 Å². The Morgan fingerprint density at radius 2 is 1.79 bits per heavy atom. The largest absolute Gasteiger partial charge is 0.497 e. The summed E-state index contributed by atoms with van der Waals surface area (Å²) in [5.74, 6) is 0.836. The summed E-state index contributed by atoms with van der Waals surface area (Å²) in [4.78, 5) is 15.5. The van der Waals surface area contributed by atoms with Crippen LogP contribution in [0, 0.1) is 0 Å². The Morgan fingerprint density at radius 1 is 1.07 bits per heavy atom. The Balaban J connectivity index is 1.54. The predicted molar refractivity (Wildman–Crippen MR) is 116 cm³/mol. The van der Waals surface area contributed by atoms with Crippen molar-refractivity contribution in [2.45, 2.75) is 25.3 Å². The fourth-order valence-electron chi connectivity index (χ4n) is 4.32. The molecule has 2 aromatic carbocycles. The van der Waals surface area contributed by atoms with Crippen molar-refractivity contribution in [3.05, 3.63) is 65.9 Å². The Hall–Kier alpha value is -2.79. The third-order valence-corrected chi connectivity index (χ3v) is 5.93. The van der Waals surface area contributed by atoms with Crippen molar-refractivity contribution >= 4 is 16.8 Å². The molecule has 1 aliphatic heterocycles. The van der Waals surface area contributed by atoms with E-state index in [1.807, 2.05) is 54.2 Å². The molecule has 1 amide bonds. The van der Waals surface area contributed by atoms with Gasteiger partial charge in [0.25, 0.3) is 5.91 Å². The fraction of sp³-hybridized carbons (Fsp3) is 0.375. The Kier molecular flexibility index (Phi) is 5.86. The van der Waals surface area contributed by atoms with Crippen molar-refractivity contribution in [1.82, 2.24) is 14.8 Å². The average molecular weight is 392 g/mol. The number of carbonyl (C=O) groups excluding carboxylic acids is 1. The Bertz CT molecular complexity index is 971. The molecule has 0 bridgehead atoms. The molecule has 29 heavy (non-hydrogen) atoms. The second-order valence-electron chi connectivity index (χ2n) is 7.77. The molecule has 1 N–H and O–H groups in total. The van der Waals surface area contributed by atoms with E-state index in [4.69, 9.17) is 4.74 Å². The van der Waals surface area contributed by atoms with E-state index >= 15 is 0 Å². The SMILES string of the molecule is COc1ccc([C@@H](CNC(=O)c2cn(C)c3ccccc23)N2CCCCC2)cc1. The first-order chi connectivity index (χ1) is 14.2. The summed E-state index contributed by atoms with van der Waals surface area (Å²) < 4.78 is 7.32. The number of benzene rings is 2. The number of para-hydroxylation sites is 1. The molecule has 1 aromatic heterocycles. The maximum Gasteiger partial charge on any atom is 0.253 e. The molecular formula is C24H29N3O2. The van der Waals surface area contributed by atoms with E-state index in [0.29, 0.717) is 6.54 Å². The molecule has 152 valence electrons. The fourth-order valence-corrected chi connectivity index (χ4v) is 4.32. The number of amides is 1. The van der Waals surface area contributed by atoms with E-state index in [2.05, 4.69) is 22.3 Å². The summed E-state index contributed by atoms with van der Waals surface area (Å²) in [6.07, 6.45) is 5.63. The van der Waals surface area contributed by atoms with Gasteiger partial charge in [-0.2, -0.15) is 0 Å². The molecule has 1 aliphatic rings. The Labute approximate surface area is 172 Å². The number of rotatable bonds is 6. The van der Waals surface area contributed by atoms with Gasteiger partial charge in [0.2, 0.25) is 0 Å². The highest BCUT2D eigenvalue weighted by Gasteiger charge is 2.24. The predicted octanol–water partition coefficient (Wildman–Crippen LogP) is 4.14. The lowest BCUT2D eigenvalue weighted by atomic mass is 10.0. The highest BCUT2D eigenvalue weighted by molar-refractivity contribution is 6.06. The number of nitrogens with one attached hydrogen (secondary N) is 1. The van der Waals surface area contributed by atoms with Crippen LogP contribution >= 0.6 is 0 Å². The summed E-state index contributed by atoms with van der Waals surface area (Å²) in [6, 6.07) is 16.4. The number of hydrogen-bond donors (Lipinski definition) is 1. The van der Waals surface area contributed by atoms with Crippen molar-refractivity contribution in [2.24, 2.45) is 7.05 Å². The van der Waals surface area contributed by atoms with Crippen LogP contribution in [0.2, 0.25) is 0 Å². The number of likely N-dealkylation sites (tertiary alicyclic amines) is 1. The molecule has 0 radical (unpaired) electrons. The topological polar surface area (TPSA) is 46.5 Å². The zero-order valence-corrected chi connectivity index (χ0v) is 17.2. The first kappa shape index (κ1) is 19.5. The zero-order valence-electron chi connectivity index (χ0n) is 17.2. The molecule has 0 unspecified atom stereocenters. The van der Waals surface area contributed by atoms with Gasteiger partial charge in [0.1, 0.15) is 5.75 Å². The summed E-state index contributed by atoms with van der Waals surface area (Å²) in [5, 5.41) is 4.20. The molecule has 5 nitrogen and oxygen atoms in total. The highest BCUT2D eigenvalue weighted by atomic mass is 16.5. The van der Waals surface area contributed by atoms with E-state index in [1.54, 1.807) is 7.11 Å². The van der Waals surface area contributed by atoms with Gasteiger partial charge in [0.15, 0.2) is 0 Å². The van der Waals surface area contributed by atoms with Crippen LogP contribution in [0.1, 0.15) is 41.2 Å². The number of aryl methyl sites for hydroxylation is 1. The van der Waals surface area contributed by atoms with Gasteiger partial charge in [0.05, 0.1) is 18.7 Å². The number of hydrogen-bond acceptors (Lipinski definition) is 3. The van der Waals surface area contributed by atoms with Gasteiger partial charge in [-0.05, 0) is 49.7 Å². The molecular weight excluding hydrogens is 362 g/mol. The lowest BCUT2D eigenvalue weighted by molar-refractivity contribution is 0.0926. The molecule has 3 aromatic rings. The van der Waals surface area contributed by atoms with Gasteiger partial charge < -0.3 is 14.6 Å². The number of ether oxygens (including phenoxy) is 1. The smallest absolute Gasteiger partial charge is 0.253 e. The number of nitrogens with zero attached hydrogens (tertiary/aromatic N) is 2. The van der Waals surface area contributed by atoms with Gasteiger partial charge in [0, 0.05) is 30.7 Å². The summed E-state index contributed by atoms with van der Waals surface area (Å²) in [6.45, 7) is 2.73. The third kappa shape index (κ3) is 4.15. The molecule has 1 atom stereocenters.